The molecule has 8 aromatic rings. The molecule has 61 heavy (non-hydrogen) atoms. The molecule has 0 aliphatic rings. The van der Waals surface area contributed by atoms with Crippen molar-refractivity contribution in [2.45, 2.75) is 42.0 Å². The average Bonchev–Trinajstić information content (AvgIpc) is 4.14. The van der Waals surface area contributed by atoms with Gasteiger partial charge in [0, 0.05) is 46.0 Å². The molecule has 2 atom stereocenters. The fourth-order valence-electron chi connectivity index (χ4n) is 6.81. The van der Waals surface area contributed by atoms with E-state index in [0.29, 0.717) is 23.5 Å². The summed E-state index contributed by atoms with van der Waals surface area (Å²) in [6, 6.07) is 41.8. The van der Waals surface area contributed by atoms with E-state index in [1.165, 1.54) is 23.5 Å². The highest BCUT2D eigenvalue weighted by atomic mass is 32.2. The Bertz CT molecular complexity index is 2640. The van der Waals surface area contributed by atoms with Gasteiger partial charge in [-0.1, -0.05) is 102 Å². The van der Waals surface area contributed by atoms with E-state index in [2.05, 4.69) is 94.5 Å². The summed E-state index contributed by atoms with van der Waals surface area (Å²) in [6.45, 7) is 4.91. The van der Waals surface area contributed by atoms with Crippen molar-refractivity contribution in [1.82, 2.24) is 29.5 Å². The van der Waals surface area contributed by atoms with Crippen LogP contribution in [0.1, 0.15) is 31.0 Å². The molecule has 0 fully saturated rings. The minimum Gasteiger partial charge on any atom is -0.356 e. The number of nitrogens with one attached hydrogen (secondary N) is 1. The van der Waals surface area contributed by atoms with E-state index in [-0.39, 0.29) is 23.6 Å². The van der Waals surface area contributed by atoms with E-state index in [0.717, 1.165) is 51.0 Å². The predicted octanol–water partition coefficient (Wildman–Crippen LogP) is 10.3. The molecule has 2 amide bonds. The van der Waals surface area contributed by atoms with Crippen molar-refractivity contribution in [2.24, 2.45) is 0 Å². The van der Waals surface area contributed by atoms with Gasteiger partial charge in [0.05, 0.1) is 30.3 Å². The van der Waals surface area contributed by atoms with Crippen LogP contribution in [-0.4, -0.2) is 66.1 Å². The van der Waals surface area contributed by atoms with E-state index in [4.69, 9.17) is 0 Å². The van der Waals surface area contributed by atoms with Gasteiger partial charge in [0.1, 0.15) is 0 Å². The third-order valence-corrected chi connectivity index (χ3v) is 13.4. The van der Waals surface area contributed by atoms with Crippen LogP contribution in [-0.2, 0) is 16.1 Å². The van der Waals surface area contributed by atoms with Gasteiger partial charge in [-0.3, -0.25) is 23.6 Å². The molecule has 11 nitrogen and oxygen atoms in total. The van der Waals surface area contributed by atoms with Crippen LogP contribution in [0.25, 0.3) is 22.8 Å². The molecule has 0 aliphatic heterocycles. The largest absolute Gasteiger partial charge is 0.356 e. The van der Waals surface area contributed by atoms with Crippen LogP contribution in [0.5, 0.6) is 0 Å². The number of carbonyl (C=O) groups excluding carboxylic acids is 2. The second-order valence-corrected chi connectivity index (χ2v) is 18.1. The number of benzene rings is 4. The number of rotatable bonds is 17. The fraction of sp³-hybridized carbons (Fsp3) is 0.174. The first-order valence-electron chi connectivity index (χ1n) is 19.6. The van der Waals surface area contributed by atoms with Gasteiger partial charge in [-0.05, 0) is 84.3 Å². The lowest BCUT2D eigenvalue weighted by molar-refractivity contribution is -0.118. The Hall–Kier alpha value is -6.00. The molecule has 4 aromatic carbocycles. The zero-order valence-corrected chi connectivity index (χ0v) is 37.0. The Kier molecular flexibility index (Phi) is 13.4. The van der Waals surface area contributed by atoms with Crippen LogP contribution in [0, 0.1) is 0 Å². The van der Waals surface area contributed by atoms with Crippen LogP contribution in [0.4, 0.5) is 17.1 Å². The molecular formula is C46H43N9O2S4. The summed E-state index contributed by atoms with van der Waals surface area (Å²) in [5.41, 5.74) is 6.65. The number of anilines is 3. The van der Waals surface area contributed by atoms with E-state index in [1.54, 1.807) is 22.7 Å². The summed E-state index contributed by atoms with van der Waals surface area (Å²) < 4.78 is 4.20. The number of aromatic nitrogens is 6. The minimum absolute atomic E-state index is 0.0466. The van der Waals surface area contributed by atoms with E-state index in [9.17, 15) is 9.59 Å². The topological polar surface area (TPSA) is 114 Å². The number of carbonyl (C=O) groups is 2. The van der Waals surface area contributed by atoms with Gasteiger partial charge in [0.25, 0.3) is 0 Å². The Morgan fingerprint density at radius 2 is 1.31 bits per heavy atom. The van der Waals surface area contributed by atoms with Crippen LogP contribution >= 0.6 is 46.2 Å². The molecule has 0 saturated carbocycles. The van der Waals surface area contributed by atoms with Crippen molar-refractivity contribution in [1.29, 1.82) is 0 Å². The van der Waals surface area contributed by atoms with Crippen molar-refractivity contribution in [3.8, 4) is 22.8 Å². The predicted molar refractivity (Wildman–Crippen MR) is 251 cm³/mol. The highest BCUT2D eigenvalue weighted by molar-refractivity contribution is 8.00. The third kappa shape index (κ3) is 9.97. The number of amides is 2. The lowest BCUT2D eigenvalue weighted by Gasteiger charge is -2.31. The average molecular weight is 882 g/mol. The molecule has 1 N–H and O–H groups in total. The maximum absolute atomic E-state index is 14.6. The zero-order chi connectivity index (χ0) is 42.1. The second kappa shape index (κ2) is 19.6. The summed E-state index contributed by atoms with van der Waals surface area (Å²) in [6.07, 6.45) is 0. The highest BCUT2D eigenvalue weighted by Gasteiger charge is 2.29. The van der Waals surface area contributed by atoms with Gasteiger partial charge >= 0.3 is 0 Å². The smallest absolute Gasteiger partial charge is 0.241 e. The standard InChI is InChI=1S/C46H43N9O2S4/c1-32(35-13-7-4-8-14-35)55-43(37-24-26-59-29-37)49-51-46(55)61-33(2)44(57)54(40-17-11-6-12-18-40)31-52(3)39-21-19-34(20-22-39)27-53-42(36-23-25-58-28-36)48-50-45(53)60-30-41(56)47-38-15-9-5-10-16-38/h4-26,28-29,32-33H,27,30-31H2,1-3H3,(H,47,56). The maximum atomic E-state index is 14.6. The zero-order valence-electron chi connectivity index (χ0n) is 33.7. The van der Waals surface area contributed by atoms with Gasteiger partial charge in [0.2, 0.25) is 11.8 Å². The monoisotopic (exact) mass is 881 g/mol. The quantitative estimate of drug-likeness (QED) is 0.0705. The van der Waals surface area contributed by atoms with Crippen molar-refractivity contribution >= 4 is 75.1 Å². The first-order chi connectivity index (χ1) is 29.8. The summed E-state index contributed by atoms with van der Waals surface area (Å²) in [5.74, 6) is 1.55. The van der Waals surface area contributed by atoms with Crippen molar-refractivity contribution in [3.05, 3.63) is 160 Å². The summed E-state index contributed by atoms with van der Waals surface area (Å²) in [5, 5.41) is 30.3. The molecule has 2 unspecified atom stereocenters. The molecule has 0 spiro atoms. The molecule has 15 heteroatoms. The van der Waals surface area contributed by atoms with Crippen LogP contribution in [0.2, 0.25) is 0 Å². The van der Waals surface area contributed by atoms with Gasteiger partial charge in [-0.25, -0.2) is 0 Å². The number of hydrogen-bond acceptors (Lipinski definition) is 11. The first kappa shape index (κ1) is 41.7. The Balaban J connectivity index is 0.985. The summed E-state index contributed by atoms with van der Waals surface area (Å²) in [7, 11) is 1.99. The SMILES string of the molecule is CC(Sc1nnc(-c2ccsc2)n1C(C)c1ccccc1)C(=O)N(CN(C)c1ccc(Cn2c(SCC(=O)Nc3ccccc3)nnc2-c2ccsc2)cc1)c1ccccc1. The fourth-order valence-corrected chi connectivity index (χ4v) is 9.81. The van der Waals surface area contributed by atoms with Gasteiger partial charge in [-0.2, -0.15) is 22.7 Å². The molecule has 0 radical (unpaired) electrons. The van der Waals surface area contributed by atoms with Gasteiger partial charge in [-0.15, -0.1) is 20.4 Å². The maximum Gasteiger partial charge on any atom is 0.241 e. The molecule has 4 heterocycles. The molecule has 0 bridgehead atoms. The van der Waals surface area contributed by atoms with Gasteiger partial charge < -0.3 is 10.2 Å². The summed E-state index contributed by atoms with van der Waals surface area (Å²) >= 11 is 5.99. The second-order valence-electron chi connectivity index (χ2n) is 14.2. The molecule has 0 saturated heterocycles. The molecule has 8 rings (SSSR count). The molecule has 308 valence electrons. The van der Waals surface area contributed by atoms with Crippen LogP contribution in [0.15, 0.2) is 159 Å². The Labute approximate surface area is 371 Å². The van der Waals surface area contributed by atoms with Crippen LogP contribution in [0.3, 0.4) is 0 Å². The number of thiophene rings is 2. The number of nitrogens with zero attached hydrogens (tertiary/aromatic N) is 8. The Morgan fingerprint density at radius 1 is 0.705 bits per heavy atom. The third-order valence-electron chi connectivity index (χ3n) is 10.0. The van der Waals surface area contributed by atoms with E-state index >= 15 is 0 Å². The molecular weight excluding hydrogens is 839 g/mol. The minimum atomic E-state index is -0.477. The van der Waals surface area contributed by atoms with E-state index < -0.39 is 5.25 Å². The number of para-hydroxylation sites is 2. The van der Waals surface area contributed by atoms with Crippen molar-refractivity contribution in [2.75, 3.05) is 34.6 Å². The lowest BCUT2D eigenvalue weighted by Crippen LogP contribution is -2.43. The number of thioether (sulfide) groups is 2. The normalized spacial score (nSPS) is 12.2. The lowest BCUT2D eigenvalue weighted by atomic mass is 10.1. The highest BCUT2D eigenvalue weighted by Crippen LogP contribution is 2.35. The van der Waals surface area contributed by atoms with Gasteiger partial charge in [0.15, 0.2) is 22.0 Å². The van der Waals surface area contributed by atoms with E-state index in [1.807, 2.05) is 120 Å². The molecule has 0 aliphatic carbocycles. The summed E-state index contributed by atoms with van der Waals surface area (Å²) in [4.78, 5) is 31.3. The molecule has 4 aromatic heterocycles. The number of hydrogen-bond donors (Lipinski definition) is 1. The van der Waals surface area contributed by atoms with Crippen molar-refractivity contribution < 1.29 is 9.59 Å². The Morgan fingerprint density at radius 3 is 1.97 bits per heavy atom. The first-order valence-corrected chi connectivity index (χ1v) is 23.4. The van der Waals surface area contributed by atoms with Crippen molar-refractivity contribution in [3.63, 3.8) is 0 Å². The van der Waals surface area contributed by atoms with Crippen LogP contribution < -0.4 is 15.1 Å².